The Balaban J connectivity index is 3.27. The van der Waals surface area contributed by atoms with Crippen LogP contribution in [0.2, 0.25) is 0 Å². The molecule has 0 aromatic carbocycles. The van der Waals surface area contributed by atoms with E-state index in [4.69, 9.17) is 5.11 Å². The predicted molar refractivity (Wildman–Crippen MR) is 54.8 cm³/mol. The van der Waals surface area contributed by atoms with Gasteiger partial charge in [0.15, 0.2) is 0 Å². The molecule has 0 heterocycles. The van der Waals surface area contributed by atoms with Crippen LogP contribution < -0.4 is 0 Å². The summed E-state index contributed by atoms with van der Waals surface area (Å²) in [7, 11) is 0. The highest BCUT2D eigenvalue weighted by atomic mass is 16.3. The van der Waals surface area contributed by atoms with Crippen molar-refractivity contribution >= 4 is 5.91 Å². The molecular formula is C10H19NO3. The molecule has 0 fully saturated rings. The van der Waals surface area contributed by atoms with Crippen LogP contribution >= 0.6 is 0 Å². The Morgan fingerprint density at radius 1 is 1.21 bits per heavy atom. The Morgan fingerprint density at radius 3 is 2.36 bits per heavy atom. The van der Waals surface area contributed by atoms with Crippen LogP contribution in [0.25, 0.3) is 0 Å². The van der Waals surface area contributed by atoms with Crippen molar-refractivity contribution in [3.05, 3.63) is 4.91 Å². The summed E-state index contributed by atoms with van der Waals surface area (Å²) in [4.78, 5) is 20.3. The molecule has 1 amide bonds. The lowest BCUT2D eigenvalue weighted by molar-refractivity contribution is -0.126. The predicted octanol–water partition coefficient (Wildman–Crippen LogP) is 2.39. The molecule has 0 aromatic heterocycles. The van der Waals surface area contributed by atoms with Gasteiger partial charge in [-0.3, -0.25) is 4.79 Å². The van der Waals surface area contributed by atoms with E-state index in [0.29, 0.717) is 6.42 Å². The third-order valence-corrected chi connectivity index (χ3v) is 2.21. The highest BCUT2D eigenvalue weighted by molar-refractivity contribution is 5.80. The molecule has 0 aliphatic heterocycles. The molecule has 0 aromatic rings. The third kappa shape index (κ3) is 6.71. The van der Waals surface area contributed by atoms with Crippen molar-refractivity contribution in [2.45, 2.75) is 58.0 Å². The maximum absolute atomic E-state index is 10.5. The molecule has 0 unspecified atom stereocenters. The molecule has 4 nitrogen and oxygen atoms in total. The van der Waals surface area contributed by atoms with Crippen molar-refractivity contribution in [2.24, 2.45) is 5.18 Å². The molecular weight excluding hydrogens is 182 g/mol. The number of amides is 1. The van der Waals surface area contributed by atoms with Gasteiger partial charge in [-0.05, 0) is 6.42 Å². The minimum atomic E-state index is -1.18. The SMILES string of the molecule is CCCCCCCC[C@H](O)C(=O)N=O. The zero-order valence-corrected chi connectivity index (χ0v) is 8.74. The zero-order valence-electron chi connectivity index (χ0n) is 8.74. The lowest BCUT2D eigenvalue weighted by Crippen LogP contribution is -2.17. The van der Waals surface area contributed by atoms with Gasteiger partial charge in [-0.2, -0.15) is 0 Å². The van der Waals surface area contributed by atoms with Gasteiger partial charge < -0.3 is 5.11 Å². The first kappa shape index (κ1) is 13.2. The highest BCUT2D eigenvalue weighted by Crippen LogP contribution is 2.09. The minimum absolute atomic E-state index is 0.358. The van der Waals surface area contributed by atoms with Crippen LogP contribution in [0.3, 0.4) is 0 Å². The van der Waals surface area contributed by atoms with Gasteiger partial charge >= 0.3 is 5.91 Å². The van der Waals surface area contributed by atoms with E-state index in [1.165, 1.54) is 19.3 Å². The second-order valence-electron chi connectivity index (χ2n) is 3.50. The number of hydrogen-bond acceptors (Lipinski definition) is 3. The summed E-state index contributed by atoms with van der Waals surface area (Å²) in [6.45, 7) is 2.15. The maximum Gasteiger partial charge on any atom is 0.314 e. The third-order valence-electron chi connectivity index (χ3n) is 2.21. The molecule has 0 bridgehead atoms. The molecule has 0 rings (SSSR count). The van der Waals surface area contributed by atoms with E-state index in [9.17, 15) is 9.70 Å². The van der Waals surface area contributed by atoms with Crippen molar-refractivity contribution < 1.29 is 9.90 Å². The number of rotatable bonds is 8. The number of carbonyl (C=O) groups excluding carboxylic acids is 1. The molecule has 14 heavy (non-hydrogen) atoms. The molecule has 0 aliphatic carbocycles. The first-order valence-electron chi connectivity index (χ1n) is 5.27. The molecule has 1 atom stereocenters. The van der Waals surface area contributed by atoms with Crippen LogP contribution in [0.15, 0.2) is 5.18 Å². The molecule has 0 saturated heterocycles. The highest BCUT2D eigenvalue weighted by Gasteiger charge is 2.14. The summed E-state index contributed by atoms with van der Waals surface area (Å²) >= 11 is 0. The van der Waals surface area contributed by atoms with Gasteiger partial charge in [0.25, 0.3) is 0 Å². The Kier molecular flexibility index (Phi) is 8.33. The molecule has 4 heteroatoms. The number of unbranched alkanes of at least 4 members (excludes halogenated alkanes) is 5. The van der Waals surface area contributed by atoms with Crippen molar-refractivity contribution in [3.63, 3.8) is 0 Å². The summed E-state index contributed by atoms with van der Waals surface area (Å²) in [5.74, 6) is -0.946. The molecule has 0 radical (unpaired) electrons. The van der Waals surface area contributed by atoms with E-state index >= 15 is 0 Å². The minimum Gasteiger partial charge on any atom is -0.383 e. The number of carbonyl (C=O) groups is 1. The van der Waals surface area contributed by atoms with E-state index in [-0.39, 0.29) is 0 Å². The fraction of sp³-hybridized carbons (Fsp3) is 0.900. The average molecular weight is 201 g/mol. The first-order valence-corrected chi connectivity index (χ1v) is 5.27. The summed E-state index contributed by atoms with van der Waals surface area (Å²) in [5.41, 5.74) is 0. The topological polar surface area (TPSA) is 66.7 Å². The second kappa shape index (κ2) is 8.81. The van der Waals surface area contributed by atoms with Gasteiger partial charge in [-0.15, -0.1) is 4.91 Å². The average Bonchev–Trinajstić information content (AvgIpc) is 2.21. The number of hydrogen-bond donors (Lipinski definition) is 1. The normalized spacial score (nSPS) is 12.4. The standard InChI is InChI=1S/C10H19NO3/c1-2-3-4-5-6-7-8-9(12)10(13)11-14/h9,12H,2-8H2,1H3/t9-/m0/s1. The lowest BCUT2D eigenvalue weighted by atomic mass is 10.1. The zero-order chi connectivity index (χ0) is 10.8. The van der Waals surface area contributed by atoms with Gasteiger partial charge in [0.1, 0.15) is 6.10 Å². The van der Waals surface area contributed by atoms with Crippen LogP contribution in [0.5, 0.6) is 0 Å². The molecule has 0 aliphatic rings. The Bertz CT molecular complexity index is 171. The quantitative estimate of drug-likeness (QED) is 0.484. The van der Waals surface area contributed by atoms with Crippen molar-refractivity contribution in [1.82, 2.24) is 0 Å². The summed E-state index contributed by atoms with van der Waals surface area (Å²) in [6.07, 6.45) is 5.73. The van der Waals surface area contributed by atoms with Gasteiger partial charge in [0, 0.05) is 5.18 Å². The fourth-order valence-corrected chi connectivity index (χ4v) is 1.30. The number of aliphatic hydroxyl groups is 1. The van der Waals surface area contributed by atoms with Gasteiger partial charge in [-0.25, -0.2) is 0 Å². The van der Waals surface area contributed by atoms with Crippen LogP contribution in [0, 0.1) is 4.91 Å². The van der Waals surface area contributed by atoms with E-state index in [2.05, 4.69) is 12.1 Å². The summed E-state index contributed by atoms with van der Waals surface area (Å²) in [6, 6.07) is 0. The Hall–Kier alpha value is -0.770. The van der Waals surface area contributed by atoms with Gasteiger partial charge in [0.05, 0.1) is 0 Å². The van der Waals surface area contributed by atoms with Crippen LogP contribution in [-0.4, -0.2) is 17.1 Å². The van der Waals surface area contributed by atoms with Crippen LogP contribution in [0.4, 0.5) is 0 Å². The number of aliphatic hydroxyl groups excluding tert-OH is 1. The second-order valence-corrected chi connectivity index (χ2v) is 3.50. The Morgan fingerprint density at radius 2 is 1.79 bits per heavy atom. The van der Waals surface area contributed by atoms with Crippen molar-refractivity contribution in [1.29, 1.82) is 0 Å². The Labute approximate surface area is 84.7 Å². The molecule has 1 N–H and O–H groups in total. The first-order chi connectivity index (χ1) is 6.72. The van der Waals surface area contributed by atoms with Crippen molar-refractivity contribution in [3.8, 4) is 0 Å². The summed E-state index contributed by atoms with van der Waals surface area (Å²) in [5, 5.41) is 11.3. The lowest BCUT2D eigenvalue weighted by Gasteiger charge is -2.04. The molecule has 0 spiro atoms. The monoisotopic (exact) mass is 201 g/mol. The van der Waals surface area contributed by atoms with E-state index in [1.54, 1.807) is 0 Å². The smallest absolute Gasteiger partial charge is 0.314 e. The largest absolute Gasteiger partial charge is 0.383 e. The van der Waals surface area contributed by atoms with Crippen LogP contribution in [0.1, 0.15) is 51.9 Å². The number of nitrogens with zero attached hydrogens (tertiary/aromatic N) is 1. The van der Waals surface area contributed by atoms with Gasteiger partial charge in [0.2, 0.25) is 0 Å². The molecule has 0 saturated carbocycles. The van der Waals surface area contributed by atoms with E-state index in [0.717, 1.165) is 19.3 Å². The van der Waals surface area contributed by atoms with Gasteiger partial charge in [-0.1, -0.05) is 45.4 Å². The van der Waals surface area contributed by atoms with E-state index in [1.807, 2.05) is 0 Å². The van der Waals surface area contributed by atoms with E-state index < -0.39 is 12.0 Å². The maximum atomic E-state index is 10.5. The van der Waals surface area contributed by atoms with Crippen LogP contribution in [-0.2, 0) is 4.79 Å². The summed E-state index contributed by atoms with van der Waals surface area (Å²) < 4.78 is 0. The number of nitroso groups, excluding NO2 is 1. The van der Waals surface area contributed by atoms with Crippen molar-refractivity contribution in [2.75, 3.05) is 0 Å². The fourth-order valence-electron chi connectivity index (χ4n) is 1.30. The molecule has 82 valence electrons.